The van der Waals surface area contributed by atoms with Crippen LogP contribution in [0.15, 0.2) is 54.6 Å². The second-order valence-corrected chi connectivity index (χ2v) is 6.71. The fourth-order valence-corrected chi connectivity index (χ4v) is 2.99. The number of pyridine rings is 1. The monoisotopic (exact) mass is 389 g/mol. The fraction of sp³-hybridized carbons (Fsp3) is 0.286. The summed E-state index contributed by atoms with van der Waals surface area (Å²) < 4.78 is 41.7. The van der Waals surface area contributed by atoms with E-state index in [0.29, 0.717) is 17.4 Å². The third-order valence-corrected chi connectivity index (χ3v) is 4.55. The summed E-state index contributed by atoms with van der Waals surface area (Å²) in [6, 6.07) is 16.1. The van der Waals surface area contributed by atoms with E-state index in [2.05, 4.69) is 26.9 Å². The first-order valence-electron chi connectivity index (χ1n) is 8.92. The van der Waals surface area contributed by atoms with Gasteiger partial charge in [-0.25, -0.2) is 0 Å². The second-order valence-electron chi connectivity index (χ2n) is 6.71. The molecular formula is C21H22F3N3O. The molecule has 0 radical (unpaired) electrons. The molecule has 0 saturated carbocycles. The van der Waals surface area contributed by atoms with Crippen LogP contribution in [0.4, 0.5) is 24.5 Å². The quantitative estimate of drug-likeness (QED) is 0.614. The molecule has 1 N–H and O–H groups in total. The first-order chi connectivity index (χ1) is 13.2. The molecule has 0 fully saturated rings. The largest absolute Gasteiger partial charge is 0.573 e. The summed E-state index contributed by atoms with van der Waals surface area (Å²) >= 11 is 0. The second kappa shape index (κ2) is 7.96. The third kappa shape index (κ3) is 4.85. The van der Waals surface area contributed by atoms with Crippen LogP contribution in [-0.2, 0) is 0 Å². The van der Waals surface area contributed by atoms with Crippen LogP contribution in [-0.4, -0.2) is 31.0 Å². The lowest BCUT2D eigenvalue weighted by atomic mass is 10.1. The smallest absolute Gasteiger partial charge is 0.406 e. The van der Waals surface area contributed by atoms with Crippen molar-refractivity contribution in [2.24, 2.45) is 0 Å². The molecule has 0 saturated heterocycles. The average Bonchev–Trinajstić information content (AvgIpc) is 2.65. The molecule has 3 rings (SSSR count). The predicted molar refractivity (Wildman–Crippen MR) is 106 cm³/mol. The number of aryl methyl sites for hydroxylation is 1. The van der Waals surface area contributed by atoms with Crippen LogP contribution >= 0.6 is 0 Å². The molecule has 0 aliphatic carbocycles. The van der Waals surface area contributed by atoms with Gasteiger partial charge in [-0.1, -0.05) is 18.2 Å². The van der Waals surface area contributed by atoms with Crippen LogP contribution in [0.1, 0.15) is 12.6 Å². The first-order valence-corrected chi connectivity index (χ1v) is 8.92. The Balaban J connectivity index is 1.82. The number of halogens is 3. The van der Waals surface area contributed by atoms with Crippen LogP contribution in [0.25, 0.3) is 10.9 Å². The van der Waals surface area contributed by atoms with Crippen molar-refractivity contribution in [2.75, 3.05) is 23.8 Å². The van der Waals surface area contributed by atoms with E-state index >= 15 is 0 Å². The Labute approximate surface area is 161 Å². The molecule has 0 aliphatic heterocycles. The number of hydrogen-bond donors (Lipinski definition) is 1. The Hall–Kier alpha value is -2.96. The number of aromatic nitrogens is 1. The van der Waals surface area contributed by atoms with Gasteiger partial charge in [0, 0.05) is 42.1 Å². The number of nitrogens with zero attached hydrogens (tertiary/aromatic N) is 2. The van der Waals surface area contributed by atoms with Crippen molar-refractivity contribution in [1.29, 1.82) is 0 Å². The Morgan fingerprint density at radius 2 is 1.82 bits per heavy atom. The van der Waals surface area contributed by atoms with Gasteiger partial charge < -0.3 is 15.0 Å². The van der Waals surface area contributed by atoms with E-state index in [-0.39, 0.29) is 11.8 Å². The molecule has 0 amide bonds. The number of benzene rings is 2. The number of para-hydroxylation sites is 1. The number of likely N-dealkylation sites (N-methyl/N-ethyl adjacent to an activating group) is 1. The normalized spacial score (nSPS) is 12.6. The summed E-state index contributed by atoms with van der Waals surface area (Å²) in [5, 5.41) is 3.94. The summed E-state index contributed by atoms with van der Waals surface area (Å²) in [5.74, 6) is -0.261. The van der Waals surface area contributed by atoms with Crippen LogP contribution in [0.3, 0.4) is 0 Å². The fourth-order valence-electron chi connectivity index (χ4n) is 2.99. The van der Waals surface area contributed by atoms with Gasteiger partial charge in [-0.3, -0.25) is 4.98 Å². The maximum atomic E-state index is 12.6. The summed E-state index contributed by atoms with van der Waals surface area (Å²) in [6.45, 7) is 4.53. The molecule has 0 spiro atoms. The highest BCUT2D eigenvalue weighted by atomic mass is 19.4. The standard InChI is InChI=1S/C21H22F3N3O/c1-14-11-20(25-13-15(2)27(3)16-7-5-4-6-8-16)18-12-17(28-21(22,23)24)9-10-19(18)26-14/h4-12,15H,13H2,1-3H3,(H,25,26). The Kier molecular flexibility index (Phi) is 5.63. The molecule has 1 heterocycles. The van der Waals surface area contributed by atoms with E-state index in [0.717, 1.165) is 17.1 Å². The van der Waals surface area contributed by atoms with E-state index < -0.39 is 6.36 Å². The van der Waals surface area contributed by atoms with Crippen molar-refractivity contribution in [2.45, 2.75) is 26.3 Å². The van der Waals surface area contributed by atoms with E-state index in [4.69, 9.17) is 0 Å². The zero-order valence-electron chi connectivity index (χ0n) is 15.9. The summed E-state index contributed by atoms with van der Waals surface area (Å²) in [5.41, 5.74) is 3.21. The molecule has 4 nitrogen and oxygen atoms in total. The minimum Gasteiger partial charge on any atom is -0.406 e. The maximum Gasteiger partial charge on any atom is 0.573 e. The van der Waals surface area contributed by atoms with Gasteiger partial charge >= 0.3 is 6.36 Å². The molecule has 1 atom stereocenters. The van der Waals surface area contributed by atoms with Crippen molar-refractivity contribution in [3.8, 4) is 5.75 Å². The molecule has 28 heavy (non-hydrogen) atoms. The first kappa shape index (κ1) is 19.8. The van der Waals surface area contributed by atoms with Gasteiger partial charge in [0.15, 0.2) is 0 Å². The molecule has 0 aliphatic rings. The van der Waals surface area contributed by atoms with Gasteiger partial charge in [-0.05, 0) is 50.2 Å². The highest BCUT2D eigenvalue weighted by Gasteiger charge is 2.31. The molecule has 1 aromatic heterocycles. The highest BCUT2D eigenvalue weighted by molar-refractivity contribution is 5.92. The zero-order chi connectivity index (χ0) is 20.3. The van der Waals surface area contributed by atoms with Crippen molar-refractivity contribution in [1.82, 2.24) is 4.98 Å². The van der Waals surface area contributed by atoms with Crippen LogP contribution in [0.2, 0.25) is 0 Å². The minimum absolute atomic E-state index is 0.153. The molecule has 0 bridgehead atoms. The lowest BCUT2D eigenvalue weighted by molar-refractivity contribution is -0.274. The molecule has 3 aromatic rings. The lowest BCUT2D eigenvalue weighted by Crippen LogP contribution is -2.34. The molecule has 7 heteroatoms. The van der Waals surface area contributed by atoms with Gasteiger partial charge in [-0.2, -0.15) is 0 Å². The third-order valence-electron chi connectivity index (χ3n) is 4.55. The number of rotatable bonds is 6. The van der Waals surface area contributed by atoms with Crippen molar-refractivity contribution in [3.05, 3.63) is 60.3 Å². The Morgan fingerprint density at radius 1 is 1.11 bits per heavy atom. The van der Waals surface area contributed by atoms with Gasteiger partial charge in [0.25, 0.3) is 0 Å². The maximum absolute atomic E-state index is 12.6. The lowest BCUT2D eigenvalue weighted by Gasteiger charge is -2.28. The predicted octanol–water partition coefficient (Wildman–Crippen LogP) is 5.38. The summed E-state index contributed by atoms with van der Waals surface area (Å²) in [6.07, 6.45) is -4.73. The van der Waals surface area contributed by atoms with Crippen LogP contribution in [0.5, 0.6) is 5.75 Å². The SMILES string of the molecule is Cc1cc(NCC(C)N(C)c2ccccc2)c2cc(OC(F)(F)F)ccc2n1. The van der Waals surface area contributed by atoms with E-state index in [1.54, 1.807) is 0 Å². The van der Waals surface area contributed by atoms with Gasteiger partial charge in [0.05, 0.1) is 5.52 Å². The minimum atomic E-state index is -4.73. The van der Waals surface area contributed by atoms with Crippen LogP contribution in [0, 0.1) is 6.92 Å². The molecule has 148 valence electrons. The van der Waals surface area contributed by atoms with Crippen molar-refractivity contribution >= 4 is 22.3 Å². The topological polar surface area (TPSA) is 37.4 Å². The number of fused-ring (bicyclic) bond motifs is 1. The average molecular weight is 389 g/mol. The van der Waals surface area contributed by atoms with Gasteiger partial charge in [-0.15, -0.1) is 13.2 Å². The number of hydrogen-bond acceptors (Lipinski definition) is 4. The Morgan fingerprint density at radius 3 is 2.50 bits per heavy atom. The van der Waals surface area contributed by atoms with Crippen LogP contribution < -0.4 is 15.0 Å². The number of nitrogens with one attached hydrogen (secondary N) is 1. The van der Waals surface area contributed by atoms with Crippen molar-refractivity contribution in [3.63, 3.8) is 0 Å². The Bertz CT molecular complexity index is 945. The van der Waals surface area contributed by atoms with E-state index in [1.807, 2.05) is 50.4 Å². The highest BCUT2D eigenvalue weighted by Crippen LogP contribution is 2.30. The van der Waals surface area contributed by atoms with Gasteiger partial charge in [0.1, 0.15) is 5.75 Å². The number of ether oxygens (including phenoxy) is 1. The molecule has 2 aromatic carbocycles. The zero-order valence-corrected chi connectivity index (χ0v) is 15.9. The van der Waals surface area contributed by atoms with Crippen molar-refractivity contribution < 1.29 is 17.9 Å². The molecular weight excluding hydrogens is 367 g/mol. The number of alkyl halides is 3. The van der Waals surface area contributed by atoms with E-state index in [9.17, 15) is 13.2 Å². The van der Waals surface area contributed by atoms with Gasteiger partial charge in [0.2, 0.25) is 0 Å². The summed E-state index contributed by atoms with van der Waals surface area (Å²) in [7, 11) is 2.01. The molecule has 1 unspecified atom stereocenters. The number of anilines is 2. The van der Waals surface area contributed by atoms with E-state index in [1.165, 1.54) is 18.2 Å². The summed E-state index contributed by atoms with van der Waals surface area (Å²) in [4.78, 5) is 6.54.